The van der Waals surface area contributed by atoms with E-state index < -0.39 is 11.7 Å². The van der Waals surface area contributed by atoms with E-state index in [4.69, 9.17) is 5.73 Å². The van der Waals surface area contributed by atoms with E-state index in [2.05, 4.69) is 10.3 Å². The molecule has 8 heteroatoms. The number of nitrogens with zero attached hydrogens (tertiary/aromatic N) is 2. The predicted molar refractivity (Wildman–Crippen MR) is 104 cm³/mol. The Labute approximate surface area is 165 Å². The molecule has 0 saturated carbocycles. The number of pyridine rings is 1. The third-order valence-corrected chi connectivity index (χ3v) is 4.85. The maximum absolute atomic E-state index is 12.8. The minimum atomic E-state index is -4.39. The first-order valence-corrected chi connectivity index (χ1v) is 8.86. The minimum absolute atomic E-state index is 0.308. The molecule has 0 bridgehead atoms. The van der Waals surface area contributed by atoms with Gasteiger partial charge in [-0.3, -0.25) is 4.98 Å². The van der Waals surface area contributed by atoms with Crippen molar-refractivity contribution in [2.45, 2.75) is 19.3 Å². The first-order valence-electron chi connectivity index (χ1n) is 8.86. The quantitative estimate of drug-likeness (QED) is 0.604. The third kappa shape index (κ3) is 3.87. The molecular formula is C21H17F3N4O. The lowest BCUT2D eigenvalue weighted by Gasteiger charge is -2.18. The van der Waals surface area contributed by atoms with Crippen LogP contribution in [-0.2, 0) is 19.3 Å². The molecule has 0 spiro atoms. The molecule has 0 saturated heterocycles. The summed E-state index contributed by atoms with van der Waals surface area (Å²) in [5, 5.41) is 2.79. The van der Waals surface area contributed by atoms with Gasteiger partial charge in [0, 0.05) is 25.5 Å². The van der Waals surface area contributed by atoms with Crippen molar-refractivity contribution in [1.82, 2.24) is 9.88 Å². The monoisotopic (exact) mass is 398 g/mol. The molecule has 2 heterocycles. The molecule has 0 atom stereocenters. The van der Waals surface area contributed by atoms with Gasteiger partial charge < -0.3 is 16.0 Å². The summed E-state index contributed by atoms with van der Waals surface area (Å²) in [5.41, 5.74) is 9.32. The number of hydrogen-bond acceptors (Lipinski definition) is 3. The van der Waals surface area contributed by atoms with Gasteiger partial charge in [-0.05, 0) is 52.6 Å². The van der Waals surface area contributed by atoms with Crippen LogP contribution < -0.4 is 11.1 Å². The van der Waals surface area contributed by atoms with Crippen LogP contribution in [0.2, 0.25) is 0 Å². The summed E-state index contributed by atoms with van der Waals surface area (Å²) in [6, 6.07) is 11.4. The van der Waals surface area contributed by atoms with Crippen LogP contribution in [0.15, 0.2) is 60.9 Å². The third-order valence-electron chi connectivity index (χ3n) is 4.85. The first-order chi connectivity index (χ1) is 13.8. The number of carbonyl (C=O) groups is 1. The van der Waals surface area contributed by atoms with Crippen LogP contribution in [0, 0.1) is 0 Å². The number of benzene rings is 2. The Bertz CT molecular complexity index is 1040. The zero-order valence-corrected chi connectivity index (χ0v) is 15.2. The molecule has 29 heavy (non-hydrogen) atoms. The van der Waals surface area contributed by atoms with Gasteiger partial charge in [0.1, 0.15) is 0 Å². The number of amides is 2. The van der Waals surface area contributed by atoms with Crippen molar-refractivity contribution in [3.63, 3.8) is 0 Å². The number of hydrogen-bond donors (Lipinski definition) is 2. The number of anilines is 2. The zero-order valence-electron chi connectivity index (χ0n) is 15.2. The molecule has 0 unspecified atom stereocenters. The molecular weight excluding hydrogens is 381 g/mol. The van der Waals surface area contributed by atoms with Gasteiger partial charge in [0.15, 0.2) is 0 Å². The number of alkyl halides is 3. The number of nitrogen functional groups attached to an aromatic ring is 1. The van der Waals surface area contributed by atoms with Crippen molar-refractivity contribution in [3.05, 3.63) is 77.6 Å². The van der Waals surface area contributed by atoms with E-state index in [1.807, 2.05) is 6.07 Å². The molecule has 1 aromatic heterocycles. The highest BCUT2D eigenvalue weighted by Crippen LogP contribution is 2.33. The van der Waals surface area contributed by atoms with Gasteiger partial charge >= 0.3 is 12.2 Å². The van der Waals surface area contributed by atoms with Crippen LogP contribution in [0.25, 0.3) is 11.1 Å². The molecule has 0 radical (unpaired) electrons. The fourth-order valence-corrected chi connectivity index (χ4v) is 3.25. The van der Waals surface area contributed by atoms with Gasteiger partial charge in [0.25, 0.3) is 0 Å². The van der Waals surface area contributed by atoms with E-state index in [0.717, 1.165) is 23.3 Å². The van der Waals surface area contributed by atoms with Crippen molar-refractivity contribution in [1.29, 1.82) is 0 Å². The van der Waals surface area contributed by atoms with Gasteiger partial charge in [-0.1, -0.05) is 18.2 Å². The van der Waals surface area contributed by atoms with E-state index in [0.29, 0.717) is 35.6 Å². The highest BCUT2D eigenvalue weighted by molar-refractivity contribution is 5.94. The summed E-state index contributed by atoms with van der Waals surface area (Å²) >= 11 is 0. The summed E-state index contributed by atoms with van der Waals surface area (Å²) in [6.07, 6.45) is -0.963. The Morgan fingerprint density at radius 3 is 2.38 bits per heavy atom. The van der Waals surface area contributed by atoms with E-state index >= 15 is 0 Å². The van der Waals surface area contributed by atoms with Crippen molar-refractivity contribution in [2.24, 2.45) is 0 Å². The molecule has 4 rings (SSSR count). The Kier molecular flexibility index (Phi) is 4.62. The van der Waals surface area contributed by atoms with Gasteiger partial charge in [-0.2, -0.15) is 13.2 Å². The van der Waals surface area contributed by atoms with Crippen molar-refractivity contribution in [3.8, 4) is 11.1 Å². The van der Waals surface area contributed by atoms with Crippen LogP contribution in [0.3, 0.4) is 0 Å². The second kappa shape index (κ2) is 7.12. The topological polar surface area (TPSA) is 71.2 Å². The molecule has 148 valence electrons. The second-order valence-corrected chi connectivity index (χ2v) is 6.81. The fourth-order valence-electron chi connectivity index (χ4n) is 3.25. The van der Waals surface area contributed by atoms with Crippen molar-refractivity contribution < 1.29 is 18.0 Å². The fraction of sp³-hybridized carbons (Fsp3) is 0.143. The van der Waals surface area contributed by atoms with Crippen LogP contribution in [-0.4, -0.2) is 15.9 Å². The van der Waals surface area contributed by atoms with Gasteiger partial charge in [0.2, 0.25) is 0 Å². The average Bonchev–Trinajstić information content (AvgIpc) is 3.13. The molecule has 1 aliphatic rings. The lowest BCUT2D eigenvalue weighted by atomic mass is 10.0. The zero-order chi connectivity index (χ0) is 20.6. The Morgan fingerprint density at radius 2 is 1.69 bits per heavy atom. The standard InChI is InChI=1S/C21H17F3N4O/c22-21(23,24)17-4-1-13(2-5-17)14-3-6-18(25)19(9-14)27-20(29)28-11-15-7-8-26-10-16(15)12-28/h1-10H,11-12,25H2,(H,27,29). The summed E-state index contributed by atoms with van der Waals surface area (Å²) in [4.78, 5) is 18.4. The molecule has 0 aliphatic carbocycles. The first kappa shape index (κ1) is 18.8. The normalized spacial score (nSPS) is 13.3. The lowest BCUT2D eigenvalue weighted by Crippen LogP contribution is -2.30. The predicted octanol–water partition coefficient (Wildman–Crippen LogP) is 4.90. The molecule has 2 aromatic carbocycles. The largest absolute Gasteiger partial charge is 0.416 e. The number of rotatable bonds is 2. The summed E-state index contributed by atoms with van der Waals surface area (Å²) < 4.78 is 38.3. The van der Waals surface area contributed by atoms with Crippen LogP contribution in [0.4, 0.5) is 29.3 Å². The smallest absolute Gasteiger partial charge is 0.397 e. The maximum atomic E-state index is 12.8. The Hall–Kier alpha value is -3.55. The molecule has 3 N–H and O–H groups in total. The summed E-state index contributed by atoms with van der Waals surface area (Å²) in [5.74, 6) is 0. The summed E-state index contributed by atoms with van der Waals surface area (Å²) in [7, 11) is 0. The number of aromatic nitrogens is 1. The molecule has 3 aromatic rings. The van der Waals surface area contributed by atoms with Gasteiger partial charge in [-0.15, -0.1) is 0 Å². The SMILES string of the molecule is Nc1ccc(-c2ccc(C(F)(F)F)cc2)cc1NC(=O)N1Cc2ccncc2C1. The number of halogens is 3. The molecule has 5 nitrogen and oxygen atoms in total. The summed E-state index contributed by atoms with van der Waals surface area (Å²) in [6.45, 7) is 0.926. The number of nitrogens with two attached hydrogens (primary N) is 1. The lowest BCUT2D eigenvalue weighted by molar-refractivity contribution is -0.137. The molecule has 1 aliphatic heterocycles. The van der Waals surface area contributed by atoms with Gasteiger partial charge in [0.05, 0.1) is 16.9 Å². The number of nitrogens with one attached hydrogen (secondary N) is 1. The van der Waals surface area contributed by atoms with Crippen LogP contribution >= 0.6 is 0 Å². The number of urea groups is 1. The van der Waals surface area contributed by atoms with Crippen molar-refractivity contribution in [2.75, 3.05) is 11.1 Å². The van der Waals surface area contributed by atoms with Crippen LogP contribution in [0.5, 0.6) is 0 Å². The number of carbonyl (C=O) groups excluding carboxylic acids is 1. The van der Waals surface area contributed by atoms with Gasteiger partial charge in [-0.25, -0.2) is 4.79 Å². The van der Waals surface area contributed by atoms with E-state index in [1.165, 1.54) is 12.1 Å². The van der Waals surface area contributed by atoms with E-state index in [9.17, 15) is 18.0 Å². The Morgan fingerprint density at radius 1 is 1.00 bits per heavy atom. The molecule has 0 fully saturated rings. The van der Waals surface area contributed by atoms with Crippen LogP contribution in [0.1, 0.15) is 16.7 Å². The van der Waals surface area contributed by atoms with E-state index in [1.54, 1.807) is 35.5 Å². The highest BCUT2D eigenvalue weighted by atomic mass is 19.4. The molecule has 2 amide bonds. The highest BCUT2D eigenvalue weighted by Gasteiger charge is 2.30. The average molecular weight is 398 g/mol. The maximum Gasteiger partial charge on any atom is 0.416 e. The Balaban J connectivity index is 1.52. The van der Waals surface area contributed by atoms with Crippen molar-refractivity contribution >= 4 is 17.4 Å². The number of fused-ring (bicyclic) bond motifs is 1. The minimum Gasteiger partial charge on any atom is -0.397 e. The van der Waals surface area contributed by atoms with E-state index in [-0.39, 0.29) is 6.03 Å². The second-order valence-electron chi connectivity index (χ2n) is 6.81.